The zero-order valence-electron chi connectivity index (χ0n) is 12.2. The Labute approximate surface area is 123 Å². The van der Waals surface area contributed by atoms with Crippen LogP contribution in [0.5, 0.6) is 5.75 Å². The first-order chi connectivity index (χ1) is 10.2. The zero-order valence-corrected chi connectivity index (χ0v) is 12.2. The lowest BCUT2D eigenvalue weighted by Gasteiger charge is -2.10. The number of amides is 1. The first-order valence-electron chi connectivity index (χ1n) is 6.85. The van der Waals surface area contributed by atoms with Crippen LogP contribution in [-0.2, 0) is 11.4 Å². The number of anilines is 1. The van der Waals surface area contributed by atoms with E-state index in [1.165, 1.54) is 0 Å². The second-order valence-corrected chi connectivity index (χ2v) is 4.64. The molecule has 0 spiro atoms. The van der Waals surface area contributed by atoms with Gasteiger partial charge in [-0.3, -0.25) is 4.79 Å². The predicted molar refractivity (Wildman–Crippen MR) is 80.2 cm³/mol. The van der Waals surface area contributed by atoms with Gasteiger partial charge in [0.25, 0.3) is 0 Å². The third-order valence-corrected chi connectivity index (χ3v) is 3.04. The van der Waals surface area contributed by atoms with Crippen molar-refractivity contribution in [2.45, 2.75) is 26.4 Å². The predicted octanol–water partition coefficient (Wildman–Crippen LogP) is 3.19. The van der Waals surface area contributed by atoms with E-state index in [0.717, 1.165) is 12.0 Å². The van der Waals surface area contributed by atoms with Crippen LogP contribution in [0.1, 0.15) is 25.5 Å². The summed E-state index contributed by atoms with van der Waals surface area (Å²) in [5, 5.41) is 11.9. The van der Waals surface area contributed by atoms with E-state index in [-0.39, 0.29) is 12.5 Å². The first kappa shape index (κ1) is 15.1. The SMILES string of the molecule is CCCC(=O)Nc1ccc(OC)c(-c2ccc(CO)o2)c1. The Morgan fingerprint density at radius 2 is 2.14 bits per heavy atom. The maximum absolute atomic E-state index is 11.7. The molecule has 2 N–H and O–H groups in total. The molecule has 5 nitrogen and oxygen atoms in total. The van der Waals surface area contributed by atoms with Gasteiger partial charge < -0.3 is 19.6 Å². The van der Waals surface area contributed by atoms with Crippen molar-refractivity contribution in [3.8, 4) is 17.1 Å². The Bertz CT molecular complexity index is 618. The van der Waals surface area contributed by atoms with E-state index in [1.807, 2.05) is 6.92 Å². The van der Waals surface area contributed by atoms with Gasteiger partial charge in [-0.15, -0.1) is 0 Å². The molecule has 112 valence electrons. The van der Waals surface area contributed by atoms with Crippen LogP contribution in [0, 0.1) is 0 Å². The number of hydrogen-bond donors (Lipinski definition) is 2. The van der Waals surface area contributed by atoms with E-state index in [2.05, 4.69) is 5.32 Å². The number of aliphatic hydroxyl groups excluding tert-OH is 1. The van der Waals surface area contributed by atoms with E-state index in [4.69, 9.17) is 14.3 Å². The average molecular weight is 289 g/mol. The zero-order chi connectivity index (χ0) is 15.2. The minimum atomic E-state index is -0.157. The highest BCUT2D eigenvalue weighted by Crippen LogP contribution is 2.33. The van der Waals surface area contributed by atoms with Crippen LogP contribution in [0.4, 0.5) is 5.69 Å². The number of methoxy groups -OCH3 is 1. The maximum Gasteiger partial charge on any atom is 0.224 e. The van der Waals surface area contributed by atoms with Gasteiger partial charge in [0, 0.05) is 12.1 Å². The van der Waals surface area contributed by atoms with E-state index in [9.17, 15) is 4.79 Å². The van der Waals surface area contributed by atoms with E-state index in [1.54, 1.807) is 37.4 Å². The molecule has 0 aliphatic heterocycles. The molecule has 0 aliphatic carbocycles. The summed E-state index contributed by atoms with van der Waals surface area (Å²) in [6.45, 7) is 1.80. The van der Waals surface area contributed by atoms with E-state index < -0.39 is 0 Å². The molecular formula is C16H19NO4. The van der Waals surface area contributed by atoms with Crippen molar-refractivity contribution in [1.29, 1.82) is 0 Å². The molecule has 1 aromatic carbocycles. The largest absolute Gasteiger partial charge is 0.496 e. The molecule has 0 bridgehead atoms. The van der Waals surface area contributed by atoms with E-state index >= 15 is 0 Å². The Morgan fingerprint density at radius 1 is 1.33 bits per heavy atom. The minimum Gasteiger partial charge on any atom is -0.496 e. The van der Waals surface area contributed by atoms with Gasteiger partial charge in [0.1, 0.15) is 23.9 Å². The maximum atomic E-state index is 11.7. The topological polar surface area (TPSA) is 71.7 Å². The van der Waals surface area contributed by atoms with Crippen molar-refractivity contribution in [3.63, 3.8) is 0 Å². The molecule has 1 amide bonds. The summed E-state index contributed by atoms with van der Waals surface area (Å²) in [5.74, 6) is 1.68. The third-order valence-electron chi connectivity index (χ3n) is 3.04. The quantitative estimate of drug-likeness (QED) is 0.856. The highest BCUT2D eigenvalue weighted by atomic mass is 16.5. The van der Waals surface area contributed by atoms with Crippen LogP contribution in [0.2, 0.25) is 0 Å². The average Bonchev–Trinajstić information content (AvgIpc) is 2.96. The van der Waals surface area contributed by atoms with Crippen LogP contribution in [0.15, 0.2) is 34.7 Å². The fourth-order valence-electron chi connectivity index (χ4n) is 2.04. The summed E-state index contributed by atoms with van der Waals surface area (Å²) in [4.78, 5) is 11.7. The normalized spacial score (nSPS) is 10.4. The Hall–Kier alpha value is -2.27. The fourth-order valence-corrected chi connectivity index (χ4v) is 2.04. The fraction of sp³-hybridized carbons (Fsp3) is 0.312. The highest BCUT2D eigenvalue weighted by Gasteiger charge is 2.12. The summed E-state index contributed by atoms with van der Waals surface area (Å²) >= 11 is 0. The Balaban J connectivity index is 2.31. The summed E-state index contributed by atoms with van der Waals surface area (Å²) in [7, 11) is 1.57. The van der Waals surface area contributed by atoms with Gasteiger partial charge in [0.05, 0.1) is 12.7 Å². The van der Waals surface area contributed by atoms with Gasteiger partial charge in [-0.1, -0.05) is 6.92 Å². The molecule has 0 saturated heterocycles. The van der Waals surface area contributed by atoms with Crippen molar-refractivity contribution in [3.05, 3.63) is 36.1 Å². The standard InChI is InChI=1S/C16H19NO4/c1-3-4-16(19)17-11-5-7-14(20-2)13(9-11)15-8-6-12(10-18)21-15/h5-9,18H,3-4,10H2,1-2H3,(H,17,19). The molecule has 2 aromatic rings. The molecule has 0 unspecified atom stereocenters. The van der Waals surface area contributed by atoms with Gasteiger partial charge in [-0.05, 0) is 36.8 Å². The lowest BCUT2D eigenvalue weighted by molar-refractivity contribution is -0.116. The smallest absolute Gasteiger partial charge is 0.224 e. The molecule has 0 radical (unpaired) electrons. The second-order valence-electron chi connectivity index (χ2n) is 4.64. The monoisotopic (exact) mass is 289 g/mol. The van der Waals surface area contributed by atoms with Gasteiger partial charge in [-0.2, -0.15) is 0 Å². The Kier molecular flexibility index (Phi) is 5.00. The second kappa shape index (κ2) is 6.95. The van der Waals surface area contributed by atoms with Gasteiger partial charge in [0.2, 0.25) is 5.91 Å². The lowest BCUT2D eigenvalue weighted by atomic mass is 10.1. The molecule has 0 atom stereocenters. The van der Waals surface area contributed by atoms with Crippen LogP contribution in [0.3, 0.4) is 0 Å². The van der Waals surface area contributed by atoms with Crippen molar-refractivity contribution < 1.29 is 19.1 Å². The third kappa shape index (κ3) is 3.64. The minimum absolute atomic E-state index is 0.0240. The molecule has 0 aliphatic rings. The van der Waals surface area contributed by atoms with E-state index in [0.29, 0.717) is 29.4 Å². The Morgan fingerprint density at radius 3 is 2.76 bits per heavy atom. The first-order valence-corrected chi connectivity index (χ1v) is 6.85. The van der Waals surface area contributed by atoms with Crippen LogP contribution in [0.25, 0.3) is 11.3 Å². The number of hydrogen-bond acceptors (Lipinski definition) is 4. The molecule has 1 heterocycles. The number of furan rings is 1. The van der Waals surface area contributed by atoms with Gasteiger partial charge in [-0.25, -0.2) is 0 Å². The van der Waals surface area contributed by atoms with Crippen LogP contribution < -0.4 is 10.1 Å². The van der Waals surface area contributed by atoms with Crippen molar-refractivity contribution in [2.24, 2.45) is 0 Å². The number of benzene rings is 1. The van der Waals surface area contributed by atoms with Crippen molar-refractivity contribution in [2.75, 3.05) is 12.4 Å². The molecule has 0 fully saturated rings. The number of rotatable bonds is 6. The van der Waals surface area contributed by atoms with Crippen LogP contribution >= 0.6 is 0 Å². The summed E-state index contributed by atoms with van der Waals surface area (Å²) < 4.78 is 10.8. The molecule has 0 saturated carbocycles. The van der Waals surface area contributed by atoms with Crippen molar-refractivity contribution >= 4 is 11.6 Å². The summed E-state index contributed by atoms with van der Waals surface area (Å²) in [6, 6.07) is 8.83. The van der Waals surface area contributed by atoms with Gasteiger partial charge in [0.15, 0.2) is 0 Å². The number of carbonyl (C=O) groups excluding carboxylic acids is 1. The molecule has 1 aromatic heterocycles. The lowest BCUT2D eigenvalue weighted by Crippen LogP contribution is -2.10. The highest BCUT2D eigenvalue weighted by molar-refractivity contribution is 5.91. The number of aliphatic hydroxyl groups is 1. The molecular weight excluding hydrogens is 270 g/mol. The number of carbonyl (C=O) groups is 1. The number of nitrogens with one attached hydrogen (secondary N) is 1. The van der Waals surface area contributed by atoms with Crippen LogP contribution in [-0.4, -0.2) is 18.1 Å². The molecule has 2 rings (SSSR count). The summed E-state index contributed by atoms with van der Waals surface area (Å²) in [6.07, 6.45) is 1.28. The van der Waals surface area contributed by atoms with Gasteiger partial charge >= 0.3 is 0 Å². The number of ether oxygens (including phenoxy) is 1. The molecule has 21 heavy (non-hydrogen) atoms. The molecule has 5 heteroatoms. The van der Waals surface area contributed by atoms with Crippen molar-refractivity contribution in [1.82, 2.24) is 0 Å². The summed E-state index contributed by atoms with van der Waals surface area (Å²) in [5.41, 5.74) is 1.41.